The molecule has 8 rings (SSSR count). The molecule has 0 spiro atoms. The van der Waals surface area contributed by atoms with Crippen LogP contribution in [0.25, 0.3) is 61.9 Å². The number of para-hydroxylation sites is 1. The quantitative estimate of drug-likeness (QED) is 0.115. The number of ketones is 2. The van der Waals surface area contributed by atoms with Crippen molar-refractivity contribution < 1.29 is 9.59 Å². The Morgan fingerprint density at radius 3 is 1.25 bits per heavy atom. The fourth-order valence-electron chi connectivity index (χ4n) is 6.62. The Kier molecular flexibility index (Phi) is 8.60. The van der Waals surface area contributed by atoms with E-state index in [1.54, 1.807) is 12.2 Å². The van der Waals surface area contributed by atoms with Gasteiger partial charge in [-0.15, -0.1) is 0 Å². The predicted octanol–water partition coefficient (Wildman–Crippen LogP) is 11.9. The monoisotopic (exact) mass is 655 g/mol. The van der Waals surface area contributed by atoms with E-state index in [1.165, 1.54) is 0 Å². The van der Waals surface area contributed by atoms with Gasteiger partial charge in [0.2, 0.25) is 0 Å². The molecule has 3 nitrogen and oxygen atoms in total. The van der Waals surface area contributed by atoms with E-state index in [1.807, 2.05) is 103 Å². The summed E-state index contributed by atoms with van der Waals surface area (Å²) in [6.45, 7) is 0. The minimum Gasteiger partial charge on any atom is -0.309 e. The normalized spacial score (nSPS) is 11.5. The second-order valence-corrected chi connectivity index (χ2v) is 12.5. The van der Waals surface area contributed by atoms with Gasteiger partial charge in [0.15, 0.2) is 11.6 Å². The zero-order chi connectivity index (χ0) is 34.6. The summed E-state index contributed by atoms with van der Waals surface area (Å²) >= 11 is 0. The summed E-state index contributed by atoms with van der Waals surface area (Å²) < 4.78 is 2.32. The lowest BCUT2D eigenvalue weighted by atomic mass is 9.98. The topological polar surface area (TPSA) is 39.1 Å². The van der Waals surface area contributed by atoms with Crippen molar-refractivity contribution in [3.63, 3.8) is 0 Å². The first-order chi connectivity index (χ1) is 25.1. The summed E-state index contributed by atoms with van der Waals surface area (Å²) in [5, 5.41) is 2.30. The van der Waals surface area contributed by atoms with Crippen molar-refractivity contribution in [2.75, 3.05) is 0 Å². The molecule has 1 aromatic heterocycles. The maximum atomic E-state index is 12.7. The number of carbonyl (C=O) groups excluding carboxylic acids is 2. The number of aromatic nitrogens is 1. The molecular weight excluding hydrogens is 623 g/mol. The predicted molar refractivity (Wildman–Crippen MR) is 211 cm³/mol. The first kappa shape index (κ1) is 31.4. The molecule has 7 aromatic carbocycles. The smallest absolute Gasteiger partial charge is 0.185 e. The molecule has 242 valence electrons. The zero-order valence-corrected chi connectivity index (χ0v) is 27.8. The van der Waals surface area contributed by atoms with Crippen LogP contribution in [-0.2, 0) is 0 Å². The Labute approximate surface area is 297 Å². The highest BCUT2D eigenvalue weighted by atomic mass is 16.1. The molecule has 1 heterocycles. The highest BCUT2D eigenvalue weighted by Gasteiger charge is 2.15. The molecule has 3 heteroatoms. The number of nitrogens with zero attached hydrogens (tertiary/aromatic N) is 1. The molecule has 0 fully saturated rings. The molecular formula is C48H33NO2. The van der Waals surface area contributed by atoms with E-state index in [9.17, 15) is 9.59 Å². The maximum absolute atomic E-state index is 12.7. The second-order valence-electron chi connectivity index (χ2n) is 12.5. The molecule has 0 N–H and O–H groups in total. The van der Waals surface area contributed by atoms with Crippen molar-refractivity contribution in [1.29, 1.82) is 0 Å². The highest BCUT2D eigenvalue weighted by Crippen LogP contribution is 2.37. The van der Waals surface area contributed by atoms with Gasteiger partial charge in [-0.3, -0.25) is 9.59 Å². The number of benzene rings is 7. The summed E-state index contributed by atoms with van der Waals surface area (Å²) in [5.41, 5.74) is 11.0. The van der Waals surface area contributed by atoms with E-state index >= 15 is 0 Å². The molecule has 0 aliphatic carbocycles. The lowest BCUT2D eigenvalue weighted by Crippen LogP contribution is -1.93. The largest absolute Gasteiger partial charge is 0.309 e. The Balaban J connectivity index is 1.18. The van der Waals surface area contributed by atoms with Crippen molar-refractivity contribution in [2.45, 2.75) is 0 Å². The van der Waals surface area contributed by atoms with Gasteiger partial charge >= 0.3 is 0 Å². The number of hydrogen-bond donors (Lipinski definition) is 0. The van der Waals surface area contributed by atoms with Crippen molar-refractivity contribution in [3.8, 4) is 27.9 Å². The minimum atomic E-state index is -0.0193. The molecule has 8 aromatic rings. The Hall–Kier alpha value is -6.84. The molecule has 0 unspecified atom stereocenters. The number of hydrogen-bond acceptors (Lipinski definition) is 2. The van der Waals surface area contributed by atoms with Gasteiger partial charge in [0.05, 0.1) is 11.0 Å². The van der Waals surface area contributed by atoms with Crippen LogP contribution in [0.5, 0.6) is 0 Å². The van der Waals surface area contributed by atoms with Crippen molar-refractivity contribution in [2.24, 2.45) is 0 Å². The van der Waals surface area contributed by atoms with Gasteiger partial charge in [0.25, 0.3) is 0 Å². The molecule has 0 aliphatic heterocycles. The van der Waals surface area contributed by atoms with Crippen molar-refractivity contribution in [1.82, 2.24) is 4.57 Å². The summed E-state index contributed by atoms with van der Waals surface area (Å²) in [7, 11) is 0. The van der Waals surface area contributed by atoms with Gasteiger partial charge in [-0.25, -0.2) is 0 Å². The molecule has 0 aliphatic rings. The standard InChI is InChI=1S/C48H33NO2/c50-47(36-14-4-1-5-15-36)28-22-34-12-10-18-38(30-34)40-24-26-45-43(32-40)44-33-41(25-27-46(44)49(45)42-20-8-3-9-21-42)39-19-11-13-35(31-39)23-29-48(51)37-16-6-2-7-17-37/h1-33H/b28-22+,29-23+. The van der Waals surface area contributed by atoms with E-state index in [0.717, 1.165) is 60.9 Å². The van der Waals surface area contributed by atoms with Crippen LogP contribution >= 0.6 is 0 Å². The van der Waals surface area contributed by atoms with Crippen molar-refractivity contribution in [3.05, 3.63) is 210 Å². The van der Waals surface area contributed by atoms with E-state index in [0.29, 0.717) is 11.1 Å². The Morgan fingerprint density at radius 1 is 0.392 bits per heavy atom. The van der Waals surface area contributed by atoms with Gasteiger partial charge in [-0.1, -0.05) is 140 Å². The molecule has 0 saturated heterocycles. The van der Waals surface area contributed by atoms with Crippen LogP contribution in [0.3, 0.4) is 0 Å². The van der Waals surface area contributed by atoms with Gasteiger partial charge < -0.3 is 4.57 Å². The summed E-state index contributed by atoms with van der Waals surface area (Å²) in [6, 6.07) is 59.0. The molecule has 0 bridgehead atoms. The second kappa shape index (κ2) is 13.9. The number of rotatable bonds is 9. The first-order valence-corrected chi connectivity index (χ1v) is 17.0. The summed E-state index contributed by atoms with van der Waals surface area (Å²) in [4.78, 5) is 25.4. The lowest BCUT2D eigenvalue weighted by Gasteiger charge is -2.09. The van der Waals surface area contributed by atoms with Crippen molar-refractivity contribution >= 4 is 45.5 Å². The van der Waals surface area contributed by atoms with Crippen LogP contribution in [0.2, 0.25) is 0 Å². The van der Waals surface area contributed by atoms with E-state index in [2.05, 4.69) is 89.5 Å². The average molecular weight is 656 g/mol. The van der Waals surface area contributed by atoms with Gasteiger partial charge in [-0.05, 0) is 94.1 Å². The van der Waals surface area contributed by atoms with Crippen LogP contribution in [0.4, 0.5) is 0 Å². The Bertz CT molecular complexity index is 2430. The van der Waals surface area contributed by atoms with Crippen LogP contribution < -0.4 is 0 Å². The van der Waals surface area contributed by atoms with E-state index in [-0.39, 0.29) is 11.6 Å². The number of fused-ring (bicyclic) bond motifs is 3. The molecule has 0 radical (unpaired) electrons. The van der Waals surface area contributed by atoms with Gasteiger partial charge in [0.1, 0.15) is 0 Å². The Morgan fingerprint density at radius 2 is 0.804 bits per heavy atom. The molecule has 51 heavy (non-hydrogen) atoms. The number of carbonyl (C=O) groups is 2. The molecule has 0 saturated carbocycles. The lowest BCUT2D eigenvalue weighted by molar-refractivity contribution is 0.103. The van der Waals surface area contributed by atoms with Crippen LogP contribution in [-0.4, -0.2) is 16.1 Å². The summed E-state index contributed by atoms with van der Waals surface area (Å²) in [6.07, 6.45) is 7.04. The first-order valence-electron chi connectivity index (χ1n) is 17.0. The zero-order valence-electron chi connectivity index (χ0n) is 27.8. The third kappa shape index (κ3) is 6.61. The SMILES string of the molecule is O=C(/C=C/c1cccc(-c2ccc3c(c2)c2cc(-c4cccc(/C=C/C(=O)c5ccccc5)c4)ccc2n3-c2ccccc2)c1)c1ccccc1. The third-order valence-electron chi connectivity index (χ3n) is 9.19. The van der Waals surface area contributed by atoms with Crippen LogP contribution in [0.15, 0.2) is 188 Å². The van der Waals surface area contributed by atoms with E-state index < -0.39 is 0 Å². The maximum Gasteiger partial charge on any atom is 0.185 e. The molecule has 0 atom stereocenters. The fraction of sp³-hybridized carbons (Fsp3) is 0. The molecule has 0 amide bonds. The van der Waals surface area contributed by atoms with Gasteiger partial charge in [0, 0.05) is 27.6 Å². The summed E-state index contributed by atoms with van der Waals surface area (Å²) in [5.74, 6) is -0.0386. The van der Waals surface area contributed by atoms with Gasteiger partial charge in [-0.2, -0.15) is 0 Å². The minimum absolute atomic E-state index is 0.0193. The number of allylic oxidation sites excluding steroid dienone is 2. The fourth-order valence-corrected chi connectivity index (χ4v) is 6.62. The van der Waals surface area contributed by atoms with Crippen LogP contribution in [0.1, 0.15) is 31.8 Å². The van der Waals surface area contributed by atoms with E-state index in [4.69, 9.17) is 0 Å². The highest BCUT2D eigenvalue weighted by molar-refractivity contribution is 6.12. The third-order valence-corrected chi connectivity index (χ3v) is 9.19. The average Bonchev–Trinajstić information content (AvgIpc) is 3.53. The van der Waals surface area contributed by atoms with Crippen LogP contribution in [0, 0.1) is 0 Å².